The summed E-state index contributed by atoms with van der Waals surface area (Å²) in [4.78, 5) is 0. The van der Waals surface area contributed by atoms with E-state index in [0.717, 1.165) is 32.1 Å². The van der Waals surface area contributed by atoms with Gasteiger partial charge in [-0.15, -0.1) is 0 Å². The molecule has 4 unspecified atom stereocenters. The van der Waals surface area contributed by atoms with Crippen molar-refractivity contribution in [2.75, 3.05) is 13.2 Å². The minimum atomic E-state index is -1.15. The average molecular weight is 505 g/mol. The molecule has 0 aromatic heterocycles. The Balaban J connectivity index is 1.44. The highest BCUT2D eigenvalue weighted by Gasteiger charge is 2.28. The summed E-state index contributed by atoms with van der Waals surface area (Å²) in [5, 5.41) is 0. The van der Waals surface area contributed by atoms with E-state index in [2.05, 4.69) is 6.92 Å². The minimum absolute atomic E-state index is 0.130. The lowest BCUT2D eigenvalue weighted by molar-refractivity contribution is -0.00181. The maximum atomic E-state index is 15.1. The first-order valence-electron chi connectivity index (χ1n) is 13.2. The van der Waals surface area contributed by atoms with Gasteiger partial charge in [0.25, 0.3) is 0 Å². The summed E-state index contributed by atoms with van der Waals surface area (Å²) in [6, 6.07) is 5.67. The molecule has 2 aliphatic rings. The highest BCUT2D eigenvalue weighted by molar-refractivity contribution is 5.66. The molecule has 0 saturated carbocycles. The van der Waals surface area contributed by atoms with Gasteiger partial charge in [0.1, 0.15) is 0 Å². The highest BCUT2D eigenvalue weighted by Crippen LogP contribution is 2.36. The van der Waals surface area contributed by atoms with E-state index < -0.39 is 23.3 Å². The molecule has 0 N–H and O–H groups in total. The molecule has 36 heavy (non-hydrogen) atoms. The van der Waals surface area contributed by atoms with E-state index in [0.29, 0.717) is 32.5 Å². The van der Waals surface area contributed by atoms with E-state index in [4.69, 9.17) is 9.47 Å². The Morgan fingerprint density at radius 1 is 0.806 bits per heavy atom. The second-order valence-electron chi connectivity index (χ2n) is 10.1. The van der Waals surface area contributed by atoms with Crippen LogP contribution in [0.2, 0.25) is 0 Å². The van der Waals surface area contributed by atoms with E-state index in [1.54, 1.807) is 0 Å². The van der Waals surface area contributed by atoms with Crippen molar-refractivity contribution in [2.45, 2.75) is 83.3 Å². The first kappa shape index (κ1) is 26.9. The van der Waals surface area contributed by atoms with Gasteiger partial charge < -0.3 is 9.47 Å². The number of rotatable bonds is 8. The van der Waals surface area contributed by atoms with E-state index in [1.165, 1.54) is 24.3 Å². The Labute approximate surface area is 211 Å². The second-order valence-corrected chi connectivity index (χ2v) is 10.1. The normalized spacial score (nSPS) is 24.9. The summed E-state index contributed by atoms with van der Waals surface area (Å²) in [5.41, 5.74) is -0.0619. The van der Waals surface area contributed by atoms with Gasteiger partial charge in [-0.1, -0.05) is 49.8 Å². The summed E-state index contributed by atoms with van der Waals surface area (Å²) in [5.74, 6) is -4.26. The van der Waals surface area contributed by atoms with Gasteiger partial charge in [0.15, 0.2) is 23.3 Å². The molecule has 0 bridgehead atoms. The Bertz CT molecular complexity index is 1050. The molecule has 2 aromatic carbocycles. The summed E-state index contributed by atoms with van der Waals surface area (Å²) in [7, 11) is 0. The lowest BCUT2D eigenvalue weighted by Gasteiger charge is -2.29. The van der Waals surface area contributed by atoms with Crippen molar-refractivity contribution in [2.24, 2.45) is 5.92 Å². The van der Waals surface area contributed by atoms with E-state index in [9.17, 15) is 4.39 Å². The highest BCUT2D eigenvalue weighted by atomic mass is 19.2. The standard InChI is InChI=1S/C30H36F4O2/c1-3-5-22-12-8-19(17-35-22)7-9-20-11-14-25(29(33)27(20)31)26-16-15-24(28(32)30(26)34)21-10-13-23(6-4-2)36-18-21/h3,5,11,14-16,19,21-23H,4,6-10,12-13,17-18H2,1-2H3/b5-3+. The Morgan fingerprint density at radius 2 is 1.56 bits per heavy atom. The molecule has 0 radical (unpaired) electrons. The Hall–Kier alpha value is -2.18. The molecule has 2 aliphatic heterocycles. The molecule has 0 aliphatic carbocycles. The third-order valence-electron chi connectivity index (χ3n) is 7.62. The first-order chi connectivity index (χ1) is 17.4. The zero-order chi connectivity index (χ0) is 25.7. The van der Waals surface area contributed by atoms with Crippen molar-refractivity contribution in [1.82, 2.24) is 0 Å². The topological polar surface area (TPSA) is 18.5 Å². The zero-order valence-corrected chi connectivity index (χ0v) is 21.2. The third kappa shape index (κ3) is 6.03. The Kier molecular flexibility index (Phi) is 9.24. The maximum Gasteiger partial charge on any atom is 0.167 e. The average Bonchev–Trinajstić information content (AvgIpc) is 2.89. The molecule has 0 amide bonds. The molecule has 2 aromatic rings. The van der Waals surface area contributed by atoms with Crippen LogP contribution in [0.25, 0.3) is 11.1 Å². The van der Waals surface area contributed by atoms with Crippen LogP contribution in [0.15, 0.2) is 36.4 Å². The summed E-state index contributed by atoms with van der Waals surface area (Å²) in [6.45, 7) is 4.97. The summed E-state index contributed by atoms with van der Waals surface area (Å²) >= 11 is 0. The van der Waals surface area contributed by atoms with Crippen LogP contribution < -0.4 is 0 Å². The van der Waals surface area contributed by atoms with Crippen molar-refractivity contribution in [3.8, 4) is 11.1 Å². The fourth-order valence-corrected chi connectivity index (χ4v) is 5.46. The van der Waals surface area contributed by atoms with Crippen LogP contribution in [0.5, 0.6) is 0 Å². The van der Waals surface area contributed by atoms with E-state index in [1.807, 2.05) is 19.1 Å². The number of hydrogen-bond acceptors (Lipinski definition) is 2. The fraction of sp³-hybridized carbons (Fsp3) is 0.533. The van der Waals surface area contributed by atoms with Crippen LogP contribution in [0.3, 0.4) is 0 Å². The number of allylic oxidation sites excluding steroid dienone is 1. The molecule has 2 saturated heterocycles. The van der Waals surface area contributed by atoms with E-state index in [-0.39, 0.29) is 46.3 Å². The van der Waals surface area contributed by atoms with Crippen molar-refractivity contribution in [3.63, 3.8) is 0 Å². The van der Waals surface area contributed by atoms with Gasteiger partial charge in [0.2, 0.25) is 0 Å². The number of ether oxygens (including phenoxy) is 2. The minimum Gasteiger partial charge on any atom is -0.378 e. The number of aryl methyl sites for hydroxylation is 1. The van der Waals surface area contributed by atoms with Gasteiger partial charge in [-0.3, -0.25) is 0 Å². The summed E-state index contributed by atoms with van der Waals surface area (Å²) < 4.78 is 71.6. The van der Waals surface area contributed by atoms with Gasteiger partial charge in [0, 0.05) is 17.0 Å². The molecule has 2 nitrogen and oxygen atoms in total. The van der Waals surface area contributed by atoms with Crippen LogP contribution >= 0.6 is 0 Å². The van der Waals surface area contributed by atoms with Crippen molar-refractivity contribution >= 4 is 0 Å². The number of hydrogen-bond donors (Lipinski definition) is 0. The second kappa shape index (κ2) is 12.4. The molecule has 4 rings (SSSR count). The Morgan fingerprint density at radius 3 is 2.19 bits per heavy atom. The zero-order valence-electron chi connectivity index (χ0n) is 21.2. The fourth-order valence-electron chi connectivity index (χ4n) is 5.46. The molecule has 4 atom stereocenters. The predicted molar refractivity (Wildman–Crippen MR) is 134 cm³/mol. The van der Waals surface area contributed by atoms with Crippen molar-refractivity contribution in [1.29, 1.82) is 0 Å². The largest absolute Gasteiger partial charge is 0.378 e. The van der Waals surface area contributed by atoms with Crippen molar-refractivity contribution in [3.05, 3.63) is 70.8 Å². The van der Waals surface area contributed by atoms with Gasteiger partial charge in [-0.2, -0.15) is 0 Å². The SMILES string of the molecule is C/C=C/C1CCC(CCc2ccc(-c3ccc(C4CCC(CCC)OC4)c(F)c3F)c(F)c2F)CO1. The van der Waals surface area contributed by atoms with Crippen LogP contribution in [0.4, 0.5) is 17.6 Å². The summed E-state index contributed by atoms with van der Waals surface area (Å²) in [6.07, 6.45) is 10.7. The predicted octanol–water partition coefficient (Wildman–Crippen LogP) is 8.28. The third-order valence-corrected chi connectivity index (χ3v) is 7.62. The number of halogens is 4. The van der Waals surface area contributed by atoms with Gasteiger partial charge in [0.05, 0.1) is 25.4 Å². The maximum absolute atomic E-state index is 15.1. The van der Waals surface area contributed by atoms with Gasteiger partial charge in [-0.25, -0.2) is 17.6 Å². The number of benzene rings is 2. The molecule has 6 heteroatoms. The molecular formula is C30H36F4O2. The lowest BCUT2D eigenvalue weighted by Crippen LogP contribution is -2.25. The van der Waals surface area contributed by atoms with Crippen molar-refractivity contribution < 1.29 is 27.0 Å². The van der Waals surface area contributed by atoms with Gasteiger partial charge >= 0.3 is 0 Å². The quantitative estimate of drug-likeness (QED) is 0.266. The van der Waals surface area contributed by atoms with Crippen LogP contribution in [0.1, 0.15) is 75.8 Å². The van der Waals surface area contributed by atoms with Crippen LogP contribution in [0, 0.1) is 29.2 Å². The molecule has 196 valence electrons. The lowest BCUT2D eigenvalue weighted by atomic mass is 9.88. The molecule has 2 fully saturated rings. The monoisotopic (exact) mass is 504 g/mol. The first-order valence-corrected chi connectivity index (χ1v) is 13.2. The molecular weight excluding hydrogens is 468 g/mol. The van der Waals surface area contributed by atoms with Crippen LogP contribution in [-0.4, -0.2) is 25.4 Å². The van der Waals surface area contributed by atoms with E-state index >= 15 is 13.2 Å². The molecule has 0 spiro atoms. The van der Waals surface area contributed by atoms with Crippen LogP contribution in [-0.2, 0) is 15.9 Å². The molecule has 2 heterocycles. The smallest absolute Gasteiger partial charge is 0.167 e. The van der Waals surface area contributed by atoms with Gasteiger partial charge in [-0.05, 0) is 68.9 Å².